The van der Waals surface area contributed by atoms with E-state index in [2.05, 4.69) is 19.7 Å². The number of benzene rings is 3. The molecule has 0 radical (unpaired) electrons. The van der Waals surface area contributed by atoms with Crippen LogP contribution in [0, 0.1) is 0 Å². The smallest absolute Gasteiger partial charge is 0.381 e. The second-order valence-electron chi connectivity index (χ2n) is 9.75. The number of hydrogen-bond acceptors (Lipinski definition) is 4. The van der Waals surface area contributed by atoms with Gasteiger partial charge in [-0.25, -0.2) is 17.6 Å². The molecule has 0 N–H and O–H groups in total. The third kappa shape index (κ3) is 7.72. The highest BCUT2D eigenvalue weighted by Gasteiger charge is 2.76. The summed E-state index contributed by atoms with van der Waals surface area (Å²) in [6, 6.07) is 14.4. The summed E-state index contributed by atoms with van der Waals surface area (Å²) in [5.41, 5.74) is 1.17. The minimum Gasteiger partial charge on any atom is -0.487 e. The maximum atomic E-state index is 13.7. The van der Waals surface area contributed by atoms with Gasteiger partial charge in [0, 0.05) is 0 Å². The van der Waals surface area contributed by atoms with Crippen molar-refractivity contribution in [1.82, 2.24) is 0 Å². The topological polar surface area (TPSA) is 43.2 Å². The second-order valence-corrected chi connectivity index (χ2v) is 9.75. The molecule has 0 unspecified atom stereocenters. The molecule has 3 aromatic rings. The summed E-state index contributed by atoms with van der Waals surface area (Å²) in [4.78, 5) is 0. The van der Waals surface area contributed by atoms with Crippen LogP contribution < -0.4 is 9.47 Å². The molecule has 20 heteroatoms. The van der Waals surface area contributed by atoms with Crippen LogP contribution in [0.3, 0.4) is 0 Å². The Morgan fingerprint density at radius 1 is 0.438 bits per heavy atom. The first-order valence-corrected chi connectivity index (χ1v) is 12.8. The quantitative estimate of drug-likeness (QED) is 0.116. The fraction of sp³-hybridized carbons (Fsp3) is 0.357. The summed E-state index contributed by atoms with van der Waals surface area (Å²) in [6.45, 7) is -4.69. The first kappa shape index (κ1) is 38.2. The SMILES string of the molecule is FC(F)C(F)(F)C(F)(F)C(F)(F)COc1ccc(N=Nc2ccc(-c3ccc(OCC(F)(F)C(F)(F)C(F)(F)C(F)F)cc3)cc2)cc1. The Morgan fingerprint density at radius 2 is 0.708 bits per heavy atom. The molecule has 0 amide bonds. The summed E-state index contributed by atoms with van der Waals surface area (Å²) in [5.74, 6) is -37.8. The van der Waals surface area contributed by atoms with E-state index in [1.54, 1.807) is 0 Å². The molecule has 0 aliphatic carbocycles. The molecule has 4 nitrogen and oxygen atoms in total. The van der Waals surface area contributed by atoms with Crippen LogP contribution >= 0.6 is 0 Å². The largest absolute Gasteiger partial charge is 0.487 e. The minimum absolute atomic E-state index is 0.0598. The molecular weight excluding hydrogens is 700 g/mol. The lowest BCUT2D eigenvalue weighted by Gasteiger charge is -2.32. The third-order valence-corrected chi connectivity index (χ3v) is 6.32. The normalized spacial score (nSPS) is 13.9. The lowest BCUT2D eigenvalue weighted by Crippen LogP contribution is -2.59. The van der Waals surface area contributed by atoms with Gasteiger partial charge in [0.05, 0.1) is 11.4 Å². The van der Waals surface area contributed by atoms with Gasteiger partial charge >= 0.3 is 48.4 Å². The van der Waals surface area contributed by atoms with Crippen molar-refractivity contribution in [2.24, 2.45) is 10.2 Å². The Labute approximate surface area is 259 Å². The van der Waals surface area contributed by atoms with Gasteiger partial charge in [-0.3, -0.25) is 0 Å². The Kier molecular flexibility index (Phi) is 10.9. The summed E-state index contributed by atoms with van der Waals surface area (Å²) in [6.07, 6.45) is -10.1. The predicted molar refractivity (Wildman–Crippen MR) is 135 cm³/mol. The number of hydrogen-bond donors (Lipinski definition) is 0. The molecular formula is C28H18F16N2O2. The number of rotatable bonds is 15. The van der Waals surface area contributed by atoms with E-state index in [1.807, 2.05) is 0 Å². The zero-order chi connectivity index (χ0) is 36.3. The number of nitrogens with zero attached hydrogens (tertiary/aromatic N) is 2. The molecule has 0 fully saturated rings. The van der Waals surface area contributed by atoms with Gasteiger partial charge < -0.3 is 9.47 Å². The average Bonchev–Trinajstić information content (AvgIpc) is 3.02. The molecule has 3 aromatic carbocycles. The number of ether oxygens (including phenoxy) is 2. The highest BCUT2D eigenvalue weighted by atomic mass is 19.4. The molecule has 48 heavy (non-hydrogen) atoms. The van der Waals surface area contributed by atoms with Gasteiger partial charge in [0.25, 0.3) is 0 Å². The molecule has 0 aromatic heterocycles. The third-order valence-electron chi connectivity index (χ3n) is 6.32. The Bertz CT molecular complexity index is 1530. The van der Waals surface area contributed by atoms with Gasteiger partial charge in [0.2, 0.25) is 0 Å². The molecule has 0 saturated carbocycles. The monoisotopic (exact) mass is 718 g/mol. The number of alkyl halides is 16. The van der Waals surface area contributed by atoms with Gasteiger partial charge in [0.15, 0.2) is 13.2 Å². The Balaban J connectivity index is 1.58. The van der Waals surface area contributed by atoms with Crippen LogP contribution in [0.5, 0.6) is 11.5 Å². The van der Waals surface area contributed by atoms with Crippen LogP contribution in [-0.4, -0.2) is 61.6 Å². The van der Waals surface area contributed by atoms with Gasteiger partial charge in [-0.1, -0.05) is 24.3 Å². The molecule has 264 valence electrons. The predicted octanol–water partition coefficient (Wildman–Crippen LogP) is 10.9. The zero-order valence-electron chi connectivity index (χ0n) is 23.3. The van der Waals surface area contributed by atoms with Crippen molar-refractivity contribution in [3.05, 3.63) is 72.8 Å². The first-order chi connectivity index (χ1) is 22.0. The summed E-state index contributed by atoms with van der Waals surface area (Å²) in [5, 5.41) is 7.68. The van der Waals surface area contributed by atoms with Gasteiger partial charge in [-0.15, -0.1) is 0 Å². The van der Waals surface area contributed by atoms with Crippen LogP contribution in [0.2, 0.25) is 0 Å². The van der Waals surface area contributed by atoms with E-state index in [1.165, 1.54) is 36.4 Å². The van der Waals surface area contributed by atoms with E-state index >= 15 is 0 Å². The highest BCUT2D eigenvalue weighted by molar-refractivity contribution is 5.66. The van der Waals surface area contributed by atoms with Crippen LogP contribution in [0.1, 0.15) is 0 Å². The van der Waals surface area contributed by atoms with Crippen LogP contribution in [0.25, 0.3) is 11.1 Å². The van der Waals surface area contributed by atoms with Crippen molar-refractivity contribution in [3.63, 3.8) is 0 Å². The average molecular weight is 718 g/mol. The van der Waals surface area contributed by atoms with E-state index in [9.17, 15) is 70.2 Å². The molecule has 0 heterocycles. The molecule has 0 spiro atoms. The number of azo groups is 1. The van der Waals surface area contributed by atoms with E-state index < -0.39 is 73.1 Å². The molecule has 0 bridgehead atoms. The first-order valence-electron chi connectivity index (χ1n) is 12.8. The lowest BCUT2D eigenvalue weighted by atomic mass is 10.0. The van der Waals surface area contributed by atoms with E-state index in [0.717, 1.165) is 36.4 Å². The fourth-order valence-corrected chi connectivity index (χ4v) is 3.48. The molecule has 0 saturated heterocycles. The molecule has 0 aliphatic heterocycles. The van der Waals surface area contributed by atoms with Crippen LogP contribution in [0.4, 0.5) is 81.6 Å². The Morgan fingerprint density at radius 3 is 1.02 bits per heavy atom. The lowest BCUT2D eigenvalue weighted by molar-refractivity contribution is -0.342. The van der Waals surface area contributed by atoms with Crippen molar-refractivity contribution < 1.29 is 79.7 Å². The van der Waals surface area contributed by atoms with Crippen LogP contribution in [0.15, 0.2) is 83.0 Å². The molecule has 0 atom stereocenters. The van der Waals surface area contributed by atoms with Crippen molar-refractivity contribution in [2.75, 3.05) is 13.2 Å². The maximum Gasteiger partial charge on any atom is 0.381 e. The van der Waals surface area contributed by atoms with Crippen molar-refractivity contribution >= 4 is 11.4 Å². The minimum atomic E-state index is -6.43. The van der Waals surface area contributed by atoms with Crippen molar-refractivity contribution in [2.45, 2.75) is 48.4 Å². The summed E-state index contributed by atoms with van der Waals surface area (Å²) >= 11 is 0. The second kappa shape index (κ2) is 13.7. The summed E-state index contributed by atoms with van der Waals surface area (Å²) in [7, 11) is 0. The Hall–Kier alpha value is -4.26. The van der Waals surface area contributed by atoms with E-state index in [4.69, 9.17) is 0 Å². The zero-order valence-corrected chi connectivity index (χ0v) is 23.3. The maximum absolute atomic E-state index is 13.7. The van der Waals surface area contributed by atoms with Crippen LogP contribution in [-0.2, 0) is 0 Å². The van der Waals surface area contributed by atoms with E-state index in [-0.39, 0.29) is 11.4 Å². The van der Waals surface area contributed by atoms with Crippen molar-refractivity contribution in [1.29, 1.82) is 0 Å². The highest BCUT2D eigenvalue weighted by Crippen LogP contribution is 2.50. The van der Waals surface area contributed by atoms with Gasteiger partial charge in [-0.05, 0) is 59.7 Å². The van der Waals surface area contributed by atoms with Gasteiger partial charge in [0.1, 0.15) is 11.5 Å². The van der Waals surface area contributed by atoms with E-state index in [0.29, 0.717) is 11.1 Å². The fourth-order valence-electron chi connectivity index (χ4n) is 3.48. The standard InChI is InChI=1S/C28H18F16N2O2/c29-21(30)25(37,38)27(41,42)23(33,34)13-47-19-9-3-16(4-10-19)15-1-5-17(6-2-15)45-46-18-7-11-20(12-8-18)48-14-24(35,36)28(43,44)26(39,40)22(31)32/h1-12,21-22H,13-14H2. The van der Waals surface area contributed by atoms with Gasteiger partial charge in [-0.2, -0.15) is 62.9 Å². The molecule has 3 rings (SSSR count). The molecule has 0 aliphatic rings. The summed E-state index contributed by atoms with van der Waals surface area (Å²) < 4.78 is 218. The van der Waals surface area contributed by atoms with Crippen molar-refractivity contribution in [3.8, 4) is 22.6 Å². The number of halogens is 16.